The highest BCUT2D eigenvalue weighted by molar-refractivity contribution is 6.31. The van der Waals surface area contributed by atoms with Gasteiger partial charge < -0.3 is 20.4 Å². The second-order valence-electron chi connectivity index (χ2n) is 5.05. The van der Waals surface area contributed by atoms with E-state index in [1.807, 2.05) is 30.5 Å². The van der Waals surface area contributed by atoms with Crippen molar-refractivity contribution in [2.45, 2.75) is 0 Å². The van der Waals surface area contributed by atoms with Gasteiger partial charge in [-0.3, -0.25) is 0 Å². The molecule has 114 valence electrons. The molecule has 0 atom stereocenters. The predicted molar refractivity (Wildman–Crippen MR) is 88.6 cm³/mol. The number of benzene rings is 2. The molecule has 0 saturated heterocycles. The quantitative estimate of drug-likeness (QED) is 0.522. The van der Waals surface area contributed by atoms with E-state index in [1.54, 1.807) is 12.1 Å². The van der Waals surface area contributed by atoms with Crippen LogP contribution in [0.2, 0.25) is 5.02 Å². The highest BCUT2D eigenvalue weighted by atomic mass is 35.5. The number of aromatic amines is 2. The van der Waals surface area contributed by atoms with Gasteiger partial charge in [-0.2, -0.15) is 0 Å². The van der Waals surface area contributed by atoms with Gasteiger partial charge in [0.25, 0.3) is 0 Å². The van der Waals surface area contributed by atoms with Crippen LogP contribution in [0.15, 0.2) is 42.6 Å². The molecule has 0 aliphatic rings. The van der Waals surface area contributed by atoms with Gasteiger partial charge in [0.15, 0.2) is 5.75 Å². The number of carbonyl (C=O) groups is 1. The van der Waals surface area contributed by atoms with E-state index in [2.05, 4.69) is 15.0 Å². The average molecular weight is 327 g/mol. The van der Waals surface area contributed by atoms with E-state index in [0.717, 1.165) is 22.0 Å². The number of aromatic nitrogens is 3. The molecule has 2 heterocycles. The van der Waals surface area contributed by atoms with Crippen molar-refractivity contribution in [1.29, 1.82) is 0 Å². The first-order chi connectivity index (χ1) is 11.1. The van der Waals surface area contributed by atoms with Gasteiger partial charge in [-0.05, 0) is 30.3 Å². The van der Waals surface area contributed by atoms with Crippen LogP contribution in [0, 0.1) is 0 Å². The topological polar surface area (TPSA) is 96.8 Å². The Bertz CT molecular complexity index is 1050. The molecule has 0 spiro atoms. The first kappa shape index (κ1) is 13.7. The van der Waals surface area contributed by atoms with Crippen LogP contribution < -0.4 is 10.5 Å². The van der Waals surface area contributed by atoms with E-state index < -0.39 is 6.09 Å². The Morgan fingerprint density at radius 2 is 2.09 bits per heavy atom. The van der Waals surface area contributed by atoms with Gasteiger partial charge in [0.2, 0.25) is 0 Å². The fraction of sp³-hybridized carbons (Fsp3) is 0. The highest BCUT2D eigenvalue weighted by Gasteiger charge is 2.14. The molecule has 0 fully saturated rings. The van der Waals surface area contributed by atoms with Crippen LogP contribution in [-0.4, -0.2) is 21.0 Å². The number of nitrogens with one attached hydrogen (secondary N) is 2. The van der Waals surface area contributed by atoms with Crippen LogP contribution in [0.3, 0.4) is 0 Å². The number of hydrogen-bond donors (Lipinski definition) is 3. The molecule has 4 N–H and O–H groups in total. The number of carbonyl (C=O) groups excluding carboxylic acids is 1. The maximum atomic E-state index is 11.0. The lowest BCUT2D eigenvalue weighted by Gasteiger charge is -1.99. The predicted octanol–water partition coefficient (Wildman–Crippen LogP) is 3.82. The number of fused-ring (bicyclic) bond motifs is 2. The molecular weight excluding hydrogens is 316 g/mol. The molecule has 6 nitrogen and oxygen atoms in total. The van der Waals surface area contributed by atoms with Crippen molar-refractivity contribution in [2.24, 2.45) is 5.73 Å². The molecule has 1 amide bonds. The third-order valence-electron chi connectivity index (χ3n) is 3.59. The molecule has 4 aromatic rings. The van der Waals surface area contributed by atoms with E-state index in [-0.39, 0.29) is 0 Å². The number of amides is 1. The summed E-state index contributed by atoms with van der Waals surface area (Å²) < 4.78 is 4.99. The Kier molecular flexibility index (Phi) is 2.99. The third kappa shape index (κ3) is 2.29. The lowest BCUT2D eigenvalue weighted by atomic mass is 10.2. The van der Waals surface area contributed by atoms with Crippen molar-refractivity contribution in [3.05, 3.63) is 47.6 Å². The molecule has 0 bridgehead atoms. The summed E-state index contributed by atoms with van der Waals surface area (Å²) in [6, 6.07) is 10.9. The summed E-state index contributed by atoms with van der Waals surface area (Å²) >= 11 is 6.08. The lowest BCUT2D eigenvalue weighted by Crippen LogP contribution is -2.16. The van der Waals surface area contributed by atoms with Crippen molar-refractivity contribution in [2.75, 3.05) is 0 Å². The fourth-order valence-corrected chi connectivity index (χ4v) is 2.78. The van der Waals surface area contributed by atoms with Crippen molar-refractivity contribution < 1.29 is 9.53 Å². The third-order valence-corrected chi connectivity index (χ3v) is 3.82. The minimum Gasteiger partial charge on any atom is -0.408 e. The van der Waals surface area contributed by atoms with Gasteiger partial charge in [-0.1, -0.05) is 17.7 Å². The highest BCUT2D eigenvalue weighted by Crippen LogP contribution is 2.32. The van der Waals surface area contributed by atoms with E-state index in [1.165, 1.54) is 0 Å². The number of hydrogen-bond acceptors (Lipinski definition) is 3. The normalized spacial score (nSPS) is 11.2. The van der Waals surface area contributed by atoms with Gasteiger partial charge in [0, 0.05) is 27.7 Å². The van der Waals surface area contributed by atoms with E-state index >= 15 is 0 Å². The summed E-state index contributed by atoms with van der Waals surface area (Å²) in [5.74, 6) is 0.962. The molecule has 7 heteroatoms. The smallest absolute Gasteiger partial charge is 0.408 e. The molecule has 0 aliphatic carbocycles. The van der Waals surface area contributed by atoms with Crippen molar-refractivity contribution in [1.82, 2.24) is 15.0 Å². The Hall–Kier alpha value is -2.99. The van der Waals surface area contributed by atoms with E-state index in [4.69, 9.17) is 22.1 Å². The van der Waals surface area contributed by atoms with Crippen LogP contribution in [0.5, 0.6) is 5.75 Å². The first-order valence-corrected chi connectivity index (χ1v) is 7.22. The second-order valence-corrected chi connectivity index (χ2v) is 5.49. The number of para-hydroxylation sites is 1. The zero-order valence-electron chi connectivity index (χ0n) is 11.8. The minimum absolute atomic E-state index is 0.315. The Morgan fingerprint density at radius 3 is 2.91 bits per heavy atom. The Morgan fingerprint density at radius 1 is 1.22 bits per heavy atom. The van der Waals surface area contributed by atoms with Crippen LogP contribution in [-0.2, 0) is 0 Å². The molecule has 23 heavy (non-hydrogen) atoms. The molecule has 2 aromatic heterocycles. The first-order valence-electron chi connectivity index (χ1n) is 6.85. The van der Waals surface area contributed by atoms with E-state index in [0.29, 0.717) is 22.1 Å². The zero-order chi connectivity index (χ0) is 16.0. The van der Waals surface area contributed by atoms with Gasteiger partial charge in [0.05, 0.1) is 5.52 Å². The summed E-state index contributed by atoms with van der Waals surface area (Å²) in [5.41, 5.74) is 8.21. The standard InChI is InChI=1S/C16H11ClN4O2/c17-8-4-5-11-9(6-8)10(7-19-11)15-20-12-2-1-3-13(14(12)21-15)23-16(18)22/h1-7,19H,(H2,18,22)(H,20,21). The Balaban J connectivity index is 1.91. The molecule has 0 unspecified atom stereocenters. The van der Waals surface area contributed by atoms with Crippen LogP contribution in [0.25, 0.3) is 33.3 Å². The number of halogens is 1. The van der Waals surface area contributed by atoms with Gasteiger partial charge in [0.1, 0.15) is 11.3 Å². The van der Waals surface area contributed by atoms with Crippen LogP contribution in [0.4, 0.5) is 4.79 Å². The number of nitrogens with two attached hydrogens (primary N) is 1. The van der Waals surface area contributed by atoms with E-state index in [9.17, 15) is 4.79 Å². The maximum absolute atomic E-state index is 11.0. The minimum atomic E-state index is -0.874. The molecule has 4 rings (SSSR count). The van der Waals surface area contributed by atoms with Gasteiger partial charge in [-0.15, -0.1) is 0 Å². The molecule has 2 aromatic carbocycles. The number of nitrogens with zero attached hydrogens (tertiary/aromatic N) is 1. The summed E-state index contributed by atoms with van der Waals surface area (Å²) in [5, 5.41) is 1.60. The van der Waals surface area contributed by atoms with Crippen molar-refractivity contribution in [3.63, 3.8) is 0 Å². The summed E-state index contributed by atoms with van der Waals surface area (Å²) in [7, 11) is 0. The monoisotopic (exact) mass is 326 g/mol. The lowest BCUT2D eigenvalue weighted by molar-refractivity contribution is 0.211. The zero-order valence-corrected chi connectivity index (χ0v) is 12.5. The second kappa shape index (κ2) is 5.03. The summed E-state index contributed by atoms with van der Waals surface area (Å²) in [6.45, 7) is 0. The summed E-state index contributed by atoms with van der Waals surface area (Å²) in [6.07, 6.45) is 0.980. The summed E-state index contributed by atoms with van der Waals surface area (Å²) in [4.78, 5) is 21.9. The van der Waals surface area contributed by atoms with Gasteiger partial charge >= 0.3 is 6.09 Å². The SMILES string of the molecule is NC(=O)Oc1cccc2[nH]c(-c3c[nH]c4ccc(Cl)cc34)nc12. The van der Waals surface area contributed by atoms with Crippen molar-refractivity contribution >= 4 is 39.6 Å². The fourth-order valence-electron chi connectivity index (χ4n) is 2.61. The molecule has 0 saturated carbocycles. The molecular formula is C16H11ClN4O2. The maximum Gasteiger partial charge on any atom is 0.410 e. The molecule has 0 radical (unpaired) electrons. The van der Waals surface area contributed by atoms with Crippen molar-refractivity contribution in [3.8, 4) is 17.1 Å². The number of ether oxygens (including phenoxy) is 1. The van der Waals surface area contributed by atoms with Gasteiger partial charge in [-0.25, -0.2) is 9.78 Å². The number of H-pyrrole nitrogens is 2. The largest absolute Gasteiger partial charge is 0.410 e. The number of primary amides is 1. The molecule has 0 aliphatic heterocycles. The van der Waals surface area contributed by atoms with Crippen LogP contribution in [0.1, 0.15) is 0 Å². The van der Waals surface area contributed by atoms with Crippen LogP contribution >= 0.6 is 11.6 Å². The number of imidazole rings is 1. The Labute approximate surface area is 135 Å². The average Bonchev–Trinajstić information content (AvgIpc) is 3.10. The number of rotatable bonds is 2.